The predicted molar refractivity (Wildman–Crippen MR) is 117 cm³/mol. The second-order valence-corrected chi connectivity index (χ2v) is 6.31. The van der Waals surface area contributed by atoms with Crippen LogP contribution in [0.15, 0.2) is 84.6 Å². The average molecular weight is 402 g/mol. The van der Waals surface area contributed by atoms with Crippen LogP contribution < -0.4 is 20.1 Å². The Morgan fingerprint density at radius 2 is 1.43 bits per heavy atom. The van der Waals surface area contributed by atoms with Crippen LogP contribution in [0, 0.1) is 0 Å². The van der Waals surface area contributed by atoms with Gasteiger partial charge in [0.1, 0.15) is 5.70 Å². The summed E-state index contributed by atoms with van der Waals surface area (Å²) in [6.45, 7) is 0. The third-order valence-electron chi connectivity index (χ3n) is 4.28. The summed E-state index contributed by atoms with van der Waals surface area (Å²) in [6.07, 6.45) is 1.58. The van der Waals surface area contributed by atoms with Gasteiger partial charge in [0.15, 0.2) is 11.5 Å². The molecule has 0 unspecified atom stereocenters. The van der Waals surface area contributed by atoms with Gasteiger partial charge in [0.25, 0.3) is 11.8 Å². The maximum atomic E-state index is 12.9. The highest BCUT2D eigenvalue weighted by molar-refractivity contribution is 6.10. The Hall–Kier alpha value is -4.06. The second kappa shape index (κ2) is 9.93. The largest absolute Gasteiger partial charge is 0.493 e. The zero-order valence-electron chi connectivity index (χ0n) is 16.7. The minimum atomic E-state index is -0.444. The fraction of sp³-hybridized carbons (Fsp3) is 0.0833. The van der Waals surface area contributed by atoms with Crippen LogP contribution in [0.3, 0.4) is 0 Å². The van der Waals surface area contributed by atoms with E-state index in [-0.39, 0.29) is 11.6 Å². The normalized spacial score (nSPS) is 10.8. The molecule has 0 atom stereocenters. The summed E-state index contributed by atoms with van der Waals surface area (Å²) in [6, 6.07) is 22.9. The standard InChI is InChI=1S/C24H22N2O4/c1-29-21-14-13-17(16-22(21)30-2)15-20(24(28)25-19-11-7-4-8-12-19)26-23(27)18-9-5-3-6-10-18/h3-16H,1-2H3,(H,25,28)(H,26,27)/b20-15-. The molecule has 152 valence electrons. The van der Waals surface area contributed by atoms with E-state index in [9.17, 15) is 9.59 Å². The molecular formula is C24H22N2O4. The van der Waals surface area contributed by atoms with Gasteiger partial charge in [0.05, 0.1) is 14.2 Å². The van der Waals surface area contributed by atoms with E-state index in [1.54, 1.807) is 67.8 Å². The minimum absolute atomic E-state index is 0.0972. The van der Waals surface area contributed by atoms with Crippen molar-refractivity contribution in [2.45, 2.75) is 0 Å². The van der Waals surface area contributed by atoms with Gasteiger partial charge in [-0.1, -0.05) is 42.5 Å². The van der Waals surface area contributed by atoms with Crippen molar-refractivity contribution in [1.82, 2.24) is 5.32 Å². The van der Waals surface area contributed by atoms with E-state index in [4.69, 9.17) is 9.47 Å². The Kier molecular flexibility index (Phi) is 6.84. The highest BCUT2D eigenvalue weighted by Crippen LogP contribution is 2.28. The summed E-state index contributed by atoms with van der Waals surface area (Å²) in [5.74, 6) is 0.257. The van der Waals surface area contributed by atoms with Crippen molar-refractivity contribution in [2.24, 2.45) is 0 Å². The first-order chi connectivity index (χ1) is 14.6. The third kappa shape index (κ3) is 5.26. The first kappa shape index (κ1) is 20.7. The topological polar surface area (TPSA) is 76.7 Å². The van der Waals surface area contributed by atoms with Gasteiger partial charge in [-0.2, -0.15) is 0 Å². The molecule has 2 N–H and O–H groups in total. The highest BCUT2D eigenvalue weighted by atomic mass is 16.5. The van der Waals surface area contributed by atoms with Gasteiger partial charge < -0.3 is 20.1 Å². The third-order valence-corrected chi connectivity index (χ3v) is 4.28. The maximum Gasteiger partial charge on any atom is 0.272 e. The number of anilines is 1. The lowest BCUT2D eigenvalue weighted by atomic mass is 10.1. The van der Waals surface area contributed by atoms with Crippen LogP contribution in [-0.4, -0.2) is 26.0 Å². The van der Waals surface area contributed by atoms with E-state index in [2.05, 4.69) is 10.6 Å². The molecule has 0 aliphatic rings. The fourth-order valence-corrected chi connectivity index (χ4v) is 2.77. The molecule has 0 saturated heterocycles. The van der Waals surface area contributed by atoms with Gasteiger partial charge in [-0.25, -0.2) is 0 Å². The molecule has 0 aromatic heterocycles. The smallest absolute Gasteiger partial charge is 0.272 e. The molecule has 3 aromatic carbocycles. The first-order valence-corrected chi connectivity index (χ1v) is 9.27. The summed E-state index contributed by atoms with van der Waals surface area (Å²) < 4.78 is 10.6. The number of benzene rings is 3. The van der Waals surface area contributed by atoms with Crippen molar-refractivity contribution in [3.8, 4) is 11.5 Å². The van der Waals surface area contributed by atoms with Crippen molar-refractivity contribution in [3.05, 3.63) is 95.7 Å². The summed E-state index contributed by atoms with van der Waals surface area (Å²) in [5, 5.41) is 5.50. The number of carbonyl (C=O) groups excluding carboxylic acids is 2. The highest BCUT2D eigenvalue weighted by Gasteiger charge is 2.15. The lowest BCUT2D eigenvalue weighted by Crippen LogP contribution is -2.30. The lowest BCUT2D eigenvalue weighted by Gasteiger charge is -2.12. The van der Waals surface area contributed by atoms with Crippen LogP contribution in [0.5, 0.6) is 11.5 Å². The van der Waals surface area contributed by atoms with Crippen molar-refractivity contribution >= 4 is 23.6 Å². The minimum Gasteiger partial charge on any atom is -0.493 e. The van der Waals surface area contributed by atoms with E-state index in [1.807, 2.05) is 24.3 Å². The van der Waals surface area contributed by atoms with Crippen molar-refractivity contribution in [1.29, 1.82) is 0 Å². The molecule has 2 amide bonds. The first-order valence-electron chi connectivity index (χ1n) is 9.27. The average Bonchev–Trinajstić information content (AvgIpc) is 2.79. The molecule has 0 spiro atoms. The van der Waals surface area contributed by atoms with Gasteiger partial charge in [-0.15, -0.1) is 0 Å². The van der Waals surface area contributed by atoms with Crippen LogP contribution in [0.4, 0.5) is 5.69 Å². The van der Waals surface area contributed by atoms with Crippen LogP contribution in [0.1, 0.15) is 15.9 Å². The summed E-state index contributed by atoms with van der Waals surface area (Å²) in [7, 11) is 3.08. The monoisotopic (exact) mass is 402 g/mol. The number of hydrogen-bond donors (Lipinski definition) is 2. The van der Waals surface area contributed by atoms with Crippen molar-refractivity contribution in [3.63, 3.8) is 0 Å². The molecule has 0 saturated carbocycles. The number of methoxy groups -OCH3 is 2. The van der Waals surface area contributed by atoms with Gasteiger partial charge >= 0.3 is 0 Å². The Labute approximate surface area is 175 Å². The lowest BCUT2D eigenvalue weighted by molar-refractivity contribution is -0.113. The van der Waals surface area contributed by atoms with Crippen LogP contribution in [0.25, 0.3) is 6.08 Å². The number of nitrogens with one attached hydrogen (secondary N) is 2. The van der Waals surface area contributed by atoms with Gasteiger partial charge in [-0.3, -0.25) is 9.59 Å². The van der Waals surface area contributed by atoms with Crippen LogP contribution in [0.2, 0.25) is 0 Å². The van der Waals surface area contributed by atoms with E-state index in [1.165, 1.54) is 7.11 Å². The number of carbonyl (C=O) groups is 2. The zero-order valence-corrected chi connectivity index (χ0v) is 16.7. The quantitative estimate of drug-likeness (QED) is 0.583. The molecule has 3 aromatic rings. The Balaban J connectivity index is 1.93. The number of rotatable bonds is 7. The number of hydrogen-bond acceptors (Lipinski definition) is 4. The van der Waals surface area contributed by atoms with Crippen molar-refractivity contribution in [2.75, 3.05) is 19.5 Å². The van der Waals surface area contributed by atoms with Gasteiger partial charge in [0.2, 0.25) is 0 Å². The molecule has 0 aliphatic carbocycles. The molecule has 0 aliphatic heterocycles. The van der Waals surface area contributed by atoms with Gasteiger partial charge in [-0.05, 0) is 48.0 Å². The van der Waals surface area contributed by atoms with Crippen LogP contribution in [-0.2, 0) is 4.79 Å². The molecule has 6 nitrogen and oxygen atoms in total. The predicted octanol–water partition coefficient (Wildman–Crippen LogP) is 4.11. The van der Waals surface area contributed by atoms with Crippen LogP contribution >= 0.6 is 0 Å². The van der Waals surface area contributed by atoms with Crippen molar-refractivity contribution < 1.29 is 19.1 Å². The summed E-state index contributed by atoms with van der Waals surface area (Å²) in [5.41, 5.74) is 1.83. The maximum absolute atomic E-state index is 12.9. The molecule has 0 bridgehead atoms. The fourth-order valence-electron chi connectivity index (χ4n) is 2.77. The second-order valence-electron chi connectivity index (χ2n) is 6.31. The Bertz CT molecular complexity index is 1050. The Morgan fingerprint density at radius 3 is 2.07 bits per heavy atom. The molecular weight excluding hydrogens is 380 g/mol. The number of amides is 2. The van der Waals surface area contributed by atoms with E-state index < -0.39 is 5.91 Å². The zero-order chi connectivity index (χ0) is 21.3. The molecule has 30 heavy (non-hydrogen) atoms. The summed E-state index contributed by atoms with van der Waals surface area (Å²) >= 11 is 0. The molecule has 0 heterocycles. The number of para-hydroxylation sites is 1. The molecule has 6 heteroatoms. The van der Waals surface area contributed by atoms with Gasteiger partial charge in [0, 0.05) is 11.3 Å². The Morgan fingerprint density at radius 1 is 0.800 bits per heavy atom. The number of ether oxygens (including phenoxy) is 2. The van der Waals surface area contributed by atoms with E-state index in [0.29, 0.717) is 28.3 Å². The van der Waals surface area contributed by atoms with E-state index >= 15 is 0 Å². The van der Waals surface area contributed by atoms with E-state index in [0.717, 1.165) is 0 Å². The molecule has 0 fully saturated rings. The SMILES string of the molecule is COc1ccc(/C=C(\NC(=O)c2ccccc2)C(=O)Nc2ccccc2)cc1OC. The summed E-state index contributed by atoms with van der Waals surface area (Å²) in [4.78, 5) is 25.6. The molecule has 3 rings (SSSR count). The molecule has 0 radical (unpaired) electrons.